The molecule has 90 valence electrons. The van der Waals surface area contributed by atoms with E-state index in [9.17, 15) is 8.42 Å². The summed E-state index contributed by atoms with van der Waals surface area (Å²) in [6.07, 6.45) is 6.48. The van der Waals surface area contributed by atoms with E-state index >= 15 is 0 Å². The highest BCUT2D eigenvalue weighted by Crippen LogP contribution is 1.98. The average Bonchev–Trinajstić information content (AvgIpc) is 2.22. The van der Waals surface area contributed by atoms with Crippen LogP contribution in [0.25, 0.3) is 0 Å². The van der Waals surface area contributed by atoms with Crippen molar-refractivity contribution in [3.8, 4) is 0 Å². The van der Waals surface area contributed by atoms with Crippen LogP contribution in [0.4, 0.5) is 0 Å². The van der Waals surface area contributed by atoms with Gasteiger partial charge in [-0.2, -0.15) is 0 Å². The zero-order chi connectivity index (χ0) is 11.6. The Morgan fingerprint density at radius 2 is 1.93 bits per heavy atom. The van der Waals surface area contributed by atoms with E-state index in [0.29, 0.717) is 6.54 Å². The summed E-state index contributed by atoms with van der Waals surface area (Å²) in [4.78, 5) is 0. The summed E-state index contributed by atoms with van der Waals surface area (Å²) < 4.78 is 22.2. The molecule has 0 unspecified atom stereocenters. The monoisotopic (exact) mass is 233 g/mol. The fourth-order valence-corrected chi connectivity index (χ4v) is 1.96. The van der Waals surface area contributed by atoms with Gasteiger partial charge in [0.05, 0.1) is 5.75 Å². The first-order valence-electron chi connectivity index (χ1n) is 5.64. The Labute approximate surface area is 93.9 Å². The van der Waals surface area contributed by atoms with E-state index in [1.165, 1.54) is 12.8 Å². The Balaban J connectivity index is 3.22. The zero-order valence-corrected chi connectivity index (χ0v) is 10.5. The Hall–Kier alpha value is -0.350. The molecule has 0 radical (unpaired) electrons. The average molecular weight is 233 g/mol. The predicted molar refractivity (Wildman–Crippen MR) is 65.9 cm³/mol. The molecule has 0 aromatic rings. The molecular weight excluding hydrogens is 210 g/mol. The molecule has 0 bridgehead atoms. The molecule has 0 saturated heterocycles. The van der Waals surface area contributed by atoms with Crippen molar-refractivity contribution in [3.05, 3.63) is 12.7 Å². The highest BCUT2D eigenvalue weighted by Gasteiger charge is 2.05. The van der Waals surface area contributed by atoms with Crippen LogP contribution in [0.1, 0.15) is 32.6 Å². The lowest BCUT2D eigenvalue weighted by atomic mass is 10.2. The molecule has 0 aromatic carbocycles. The van der Waals surface area contributed by atoms with Crippen LogP contribution in [0.3, 0.4) is 0 Å². The molecule has 0 aliphatic carbocycles. The van der Waals surface area contributed by atoms with Gasteiger partial charge in [0.15, 0.2) is 9.84 Å². The highest BCUT2D eigenvalue weighted by atomic mass is 32.2. The minimum absolute atomic E-state index is 0.244. The van der Waals surface area contributed by atoms with Gasteiger partial charge in [0.1, 0.15) is 0 Å². The van der Waals surface area contributed by atoms with Crippen molar-refractivity contribution in [1.29, 1.82) is 0 Å². The minimum Gasteiger partial charge on any atom is -0.316 e. The van der Waals surface area contributed by atoms with Crippen LogP contribution in [-0.4, -0.2) is 33.0 Å². The second kappa shape index (κ2) is 8.92. The summed E-state index contributed by atoms with van der Waals surface area (Å²) >= 11 is 0. The molecule has 0 fully saturated rings. The number of hydrogen-bond acceptors (Lipinski definition) is 3. The van der Waals surface area contributed by atoms with E-state index in [1.54, 1.807) is 6.92 Å². The summed E-state index contributed by atoms with van der Waals surface area (Å²) in [6.45, 7) is 6.84. The Kier molecular flexibility index (Phi) is 8.71. The SMILES string of the molecule is C=CCCCCCNCCS(=O)(=O)CC. The number of nitrogens with one attached hydrogen (secondary N) is 1. The van der Waals surface area contributed by atoms with E-state index in [1.807, 2.05) is 6.08 Å². The molecule has 0 atom stereocenters. The van der Waals surface area contributed by atoms with Crippen molar-refractivity contribution >= 4 is 9.84 Å². The van der Waals surface area contributed by atoms with Gasteiger partial charge < -0.3 is 5.32 Å². The third kappa shape index (κ3) is 9.94. The molecule has 0 aliphatic heterocycles. The second-order valence-corrected chi connectivity index (χ2v) is 6.10. The number of hydrogen-bond donors (Lipinski definition) is 1. The van der Waals surface area contributed by atoms with Gasteiger partial charge in [-0.3, -0.25) is 0 Å². The number of allylic oxidation sites excluding steroid dienone is 1. The van der Waals surface area contributed by atoms with Crippen molar-refractivity contribution in [3.63, 3.8) is 0 Å². The molecule has 15 heavy (non-hydrogen) atoms. The topological polar surface area (TPSA) is 46.2 Å². The standard InChI is InChI=1S/C11H23NO2S/c1-3-5-6-7-8-9-12-10-11-15(13,14)4-2/h3,12H,1,4-11H2,2H3. The Bertz CT molecular complexity index is 247. The van der Waals surface area contributed by atoms with Crippen LogP contribution in [0.5, 0.6) is 0 Å². The summed E-state index contributed by atoms with van der Waals surface area (Å²) in [6, 6.07) is 0. The van der Waals surface area contributed by atoms with Gasteiger partial charge >= 0.3 is 0 Å². The molecule has 0 rings (SSSR count). The van der Waals surface area contributed by atoms with Crippen molar-refractivity contribution in [2.75, 3.05) is 24.6 Å². The number of unbranched alkanes of at least 4 members (excludes halogenated alkanes) is 3. The van der Waals surface area contributed by atoms with Crippen molar-refractivity contribution in [1.82, 2.24) is 5.32 Å². The van der Waals surface area contributed by atoms with Gasteiger partial charge in [0.25, 0.3) is 0 Å². The maximum absolute atomic E-state index is 11.1. The molecule has 0 amide bonds. The Morgan fingerprint density at radius 1 is 1.20 bits per heavy atom. The van der Waals surface area contributed by atoms with Gasteiger partial charge in [0.2, 0.25) is 0 Å². The van der Waals surface area contributed by atoms with E-state index in [-0.39, 0.29) is 11.5 Å². The van der Waals surface area contributed by atoms with Gasteiger partial charge in [-0.05, 0) is 25.8 Å². The van der Waals surface area contributed by atoms with Gasteiger partial charge in [-0.15, -0.1) is 6.58 Å². The van der Waals surface area contributed by atoms with E-state index in [2.05, 4.69) is 11.9 Å². The molecule has 0 saturated carbocycles. The van der Waals surface area contributed by atoms with Crippen molar-refractivity contribution in [2.45, 2.75) is 32.6 Å². The number of rotatable bonds is 10. The highest BCUT2D eigenvalue weighted by molar-refractivity contribution is 7.91. The summed E-state index contributed by atoms with van der Waals surface area (Å²) in [5.74, 6) is 0.504. The largest absolute Gasteiger partial charge is 0.316 e. The van der Waals surface area contributed by atoms with Gasteiger partial charge in [-0.25, -0.2) is 8.42 Å². The summed E-state index contributed by atoms with van der Waals surface area (Å²) in [5.41, 5.74) is 0. The molecular formula is C11H23NO2S. The predicted octanol–water partition coefficient (Wildman–Crippen LogP) is 1.76. The maximum Gasteiger partial charge on any atom is 0.151 e. The first-order chi connectivity index (χ1) is 7.12. The molecule has 0 aromatic heterocycles. The molecule has 1 N–H and O–H groups in total. The molecule has 3 nitrogen and oxygen atoms in total. The molecule has 0 aliphatic rings. The van der Waals surface area contributed by atoms with Crippen LogP contribution in [0.2, 0.25) is 0 Å². The lowest BCUT2D eigenvalue weighted by molar-refractivity contribution is 0.585. The van der Waals surface area contributed by atoms with E-state index < -0.39 is 9.84 Å². The first kappa shape index (κ1) is 14.6. The summed E-state index contributed by atoms with van der Waals surface area (Å²) in [7, 11) is -2.80. The normalized spacial score (nSPS) is 11.5. The lowest BCUT2D eigenvalue weighted by Gasteiger charge is -2.04. The van der Waals surface area contributed by atoms with Crippen LogP contribution in [0, 0.1) is 0 Å². The summed E-state index contributed by atoms with van der Waals surface area (Å²) in [5, 5.41) is 3.15. The van der Waals surface area contributed by atoms with Crippen LogP contribution in [-0.2, 0) is 9.84 Å². The molecule has 0 heterocycles. The van der Waals surface area contributed by atoms with E-state index in [4.69, 9.17) is 0 Å². The van der Waals surface area contributed by atoms with Gasteiger partial charge in [-0.1, -0.05) is 19.4 Å². The minimum atomic E-state index is -2.80. The Morgan fingerprint density at radius 3 is 2.53 bits per heavy atom. The van der Waals surface area contributed by atoms with Gasteiger partial charge in [0, 0.05) is 12.3 Å². The smallest absolute Gasteiger partial charge is 0.151 e. The molecule has 4 heteroatoms. The number of sulfone groups is 1. The fourth-order valence-electron chi connectivity index (χ4n) is 1.21. The third-order valence-corrected chi connectivity index (χ3v) is 4.00. The lowest BCUT2D eigenvalue weighted by Crippen LogP contribution is -2.24. The fraction of sp³-hybridized carbons (Fsp3) is 0.818. The maximum atomic E-state index is 11.1. The van der Waals surface area contributed by atoms with E-state index in [0.717, 1.165) is 19.4 Å². The van der Waals surface area contributed by atoms with Crippen LogP contribution >= 0.6 is 0 Å². The van der Waals surface area contributed by atoms with Crippen molar-refractivity contribution < 1.29 is 8.42 Å². The zero-order valence-electron chi connectivity index (χ0n) is 9.67. The molecule has 0 spiro atoms. The van der Waals surface area contributed by atoms with Crippen LogP contribution in [0.15, 0.2) is 12.7 Å². The van der Waals surface area contributed by atoms with Crippen LogP contribution < -0.4 is 5.32 Å². The first-order valence-corrected chi connectivity index (χ1v) is 7.46. The van der Waals surface area contributed by atoms with Crippen molar-refractivity contribution in [2.24, 2.45) is 0 Å². The quantitative estimate of drug-likeness (QED) is 0.462. The second-order valence-electron chi connectivity index (χ2n) is 3.62. The third-order valence-electron chi connectivity index (χ3n) is 2.29.